The lowest BCUT2D eigenvalue weighted by atomic mass is 10.0. The summed E-state index contributed by atoms with van der Waals surface area (Å²) in [5.41, 5.74) is 7.89. The quantitative estimate of drug-likeness (QED) is 0.853. The van der Waals surface area contributed by atoms with E-state index in [4.69, 9.17) is 5.73 Å². The van der Waals surface area contributed by atoms with E-state index in [1.54, 1.807) is 0 Å². The van der Waals surface area contributed by atoms with Crippen LogP contribution in [0.1, 0.15) is 45.9 Å². The summed E-state index contributed by atoms with van der Waals surface area (Å²) in [4.78, 5) is 6.67. The van der Waals surface area contributed by atoms with Crippen LogP contribution in [0.5, 0.6) is 0 Å². The molecule has 0 fully saturated rings. The third kappa shape index (κ3) is 4.00. The summed E-state index contributed by atoms with van der Waals surface area (Å²) in [5, 5.41) is 0. The predicted octanol–water partition coefficient (Wildman–Crippen LogP) is 2.97. The Morgan fingerprint density at radius 3 is 2.29 bits per heavy atom. The second kappa shape index (κ2) is 6.01. The van der Waals surface area contributed by atoms with Gasteiger partial charge in [-0.1, -0.05) is 13.8 Å². The van der Waals surface area contributed by atoms with Crippen molar-refractivity contribution in [1.82, 2.24) is 4.98 Å². The fraction of sp³-hybridized carbons (Fsp3) is 0.643. The van der Waals surface area contributed by atoms with Gasteiger partial charge in [-0.3, -0.25) is 4.98 Å². The van der Waals surface area contributed by atoms with Crippen LogP contribution in [-0.2, 0) is 0 Å². The van der Waals surface area contributed by atoms with Gasteiger partial charge in [0, 0.05) is 19.1 Å². The molecular weight excluding hydrogens is 210 g/mol. The molecule has 2 unspecified atom stereocenters. The van der Waals surface area contributed by atoms with Gasteiger partial charge in [0.1, 0.15) is 0 Å². The van der Waals surface area contributed by atoms with Crippen molar-refractivity contribution in [3.05, 3.63) is 24.0 Å². The van der Waals surface area contributed by atoms with Crippen LogP contribution in [0.2, 0.25) is 0 Å². The molecule has 0 radical (unpaired) electrons. The molecule has 2 atom stereocenters. The molecule has 1 heterocycles. The van der Waals surface area contributed by atoms with Crippen molar-refractivity contribution in [2.75, 3.05) is 11.9 Å². The Morgan fingerprint density at radius 1 is 1.24 bits per heavy atom. The Hall–Kier alpha value is -1.09. The van der Waals surface area contributed by atoms with Crippen molar-refractivity contribution in [1.29, 1.82) is 0 Å². The summed E-state index contributed by atoms with van der Waals surface area (Å²) in [7, 11) is 2.12. The molecule has 0 aliphatic rings. The summed E-state index contributed by atoms with van der Waals surface area (Å²) < 4.78 is 0. The number of aromatic nitrogens is 1. The van der Waals surface area contributed by atoms with E-state index in [-0.39, 0.29) is 6.04 Å². The molecule has 0 aliphatic heterocycles. The van der Waals surface area contributed by atoms with Crippen molar-refractivity contribution in [2.45, 2.75) is 46.2 Å². The van der Waals surface area contributed by atoms with Gasteiger partial charge in [-0.15, -0.1) is 0 Å². The van der Waals surface area contributed by atoms with Crippen molar-refractivity contribution in [3.8, 4) is 0 Å². The Morgan fingerprint density at radius 2 is 1.88 bits per heavy atom. The van der Waals surface area contributed by atoms with Crippen LogP contribution in [0.4, 0.5) is 5.69 Å². The zero-order valence-electron chi connectivity index (χ0n) is 11.6. The highest BCUT2D eigenvalue weighted by atomic mass is 15.1. The third-order valence-corrected chi connectivity index (χ3v) is 3.12. The topological polar surface area (TPSA) is 42.1 Å². The van der Waals surface area contributed by atoms with Crippen LogP contribution in [0.3, 0.4) is 0 Å². The van der Waals surface area contributed by atoms with Crippen LogP contribution in [0.15, 0.2) is 18.3 Å². The molecular formula is C14H25N3. The average molecular weight is 235 g/mol. The summed E-state index contributed by atoms with van der Waals surface area (Å²) in [6, 6.07) is 4.64. The molecule has 2 N–H and O–H groups in total. The molecule has 17 heavy (non-hydrogen) atoms. The molecule has 1 aromatic rings. The summed E-state index contributed by atoms with van der Waals surface area (Å²) >= 11 is 0. The highest BCUT2D eigenvalue weighted by molar-refractivity contribution is 5.44. The van der Waals surface area contributed by atoms with Crippen molar-refractivity contribution >= 4 is 5.69 Å². The van der Waals surface area contributed by atoms with Gasteiger partial charge in [-0.25, -0.2) is 0 Å². The normalized spacial score (nSPS) is 14.8. The number of hydrogen-bond donors (Lipinski definition) is 1. The standard InChI is InChI=1S/C14H25N3/c1-10(2)8-11(3)17(5)13-6-7-14(12(4)15)16-9-13/h6-7,9-12H,8,15H2,1-5H3. The highest BCUT2D eigenvalue weighted by Crippen LogP contribution is 2.19. The largest absolute Gasteiger partial charge is 0.371 e. The third-order valence-electron chi connectivity index (χ3n) is 3.12. The second-order valence-corrected chi connectivity index (χ2v) is 5.32. The summed E-state index contributed by atoms with van der Waals surface area (Å²) in [6.07, 6.45) is 3.10. The van der Waals surface area contributed by atoms with E-state index in [9.17, 15) is 0 Å². The van der Waals surface area contributed by atoms with Crippen LogP contribution in [-0.4, -0.2) is 18.1 Å². The number of hydrogen-bond acceptors (Lipinski definition) is 3. The lowest BCUT2D eigenvalue weighted by Crippen LogP contribution is -2.30. The van der Waals surface area contributed by atoms with Crippen molar-refractivity contribution in [2.24, 2.45) is 11.7 Å². The molecule has 3 heteroatoms. The number of anilines is 1. The first-order valence-corrected chi connectivity index (χ1v) is 6.36. The van der Waals surface area contributed by atoms with Gasteiger partial charge in [0.2, 0.25) is 0 Å². The highest BCUT2D eigenvalue weighted by Gasteiger charge is 2.12. The minimum atomic E-state index is 0.00226. The number of nitrogens with zero attached hydrogens (tertiary/aromatic N) is 2. The van der Waals surface area contributed by atoms with E-state index >= 15 is 0 Å². The first kappa shape index (κ1) is 14.0. The minimum absolute atomic E-state index is 0.00226. The molecule has 0 aromatic carbocycles. The first-order valence-electron chi connectivity index (χ1n) is 6.36. The fourth-order valence-electron chi connectivity index (χ4n) is 1.97. The van der Waals surface area contributed by atoms with E-state index < -0.39 is 0 Å². The second-order valence-electron chi connectivity index (χ2n) is 5.32. The van der Waals surface area contributed by atoms with Gasteiger partial charge in [-0.2, -0.15) is 0 Å². The Bertz CT molecular complexity index is 330. The van der Waals surface area contributed by atoms with Gasteiger partial charge in [0.05, 0.1) is 17.6 Å². The van der Waals surface area contributed by atoms with Gasteiger partial charge in [0.25, 0.3) is 0 Å². The maximum absolute atomic E-state index is 5.79. The monoisotopic (exact) mass is 235 g/mol. The zero-order chi connectivity index (χ0) is 13.0. The van der Waals surface area contributed by atoms with Crippen LogP contribution in [0, 0.1) is 5.92 Å². The molecule has 0 amide bonds. The van der Waals surface area contributed by atoms with Gasteiger partial charge < -0.3 is 10.6 Å². The maximum atomic E-state index is 5.79. The summed E-state index contributed by atoms with van der Waals surface area (Å²) in [6.45, 7) is 8.70. The number of nitrogens with two attached hydrogens (primary N) is 1. The van der Waals surface area contributed by atoms with E-state index in [0.29, 0.717) is 12.0 Å². The van der Waals surface area contributed by atoms with Crippen LogP contribution < -0.4 is 10.6 Å². The molecule has 1 aromatic heterocycles. The van der Waals surface area contributed by atoms with Gasteiger partial charge in [-0.05, 0) is 38.3 Å². The van der Waals surface area contributed by atoms with Crippen molar-refractivity contribution < 1.29 is 0 Å². The Kier molecular flexibility index (Phi) is 4.94. The molecule has 96 valence electrons. The molecule has 0 saturated carbocycles. The van der Waals surface area contributed by atoms with Gasteiger partial charge in [0.15, 0.2) is 0 Å². The number of pyridine rings is 1. The molecule has 0 aliphatic carbocycles. The number of rotatable bonds is 5. The van der Waals surface area contributed by atoms with E-state index in [1.807, 2.05) is 19.2 Å². The van der Waals surface area contributed by atoms with Gasteiger partial charge >= 0.3 is 0 Å². The van der Waals surface area contributed by atoms with E-state index in [2.05, 4.69) is 43.8 Å². The lowest BCUT2D eigenvalue weighted by molar-refractivity contribution is 0.504. The Balaban J connectivity index is 2.72. The SMILES string of the molecule is CC(C)CC(C)N(C)c1ccc(C(C)N)nc1. The molecule has 0 bridgehead atoms. The fourth-order valence-corrected chi connectivity index (χ4v) is 1.97. The van der Waals surface area contributed by atoms with E-state index in [0.717, 1.165) is 11.4 Å². The first-order chi connectivity index (χ1) is 7.91. The molecule has 0 saturated heterocycles. The average Bonchev–Trinajstić information content (AvgIpc) is 2.27. The molecule has 0 spiro atoms. The lowest BCUT2D eigenvalue weighted by Gasteiger charge is -2.28. The predicted molar refractivity (Wildman–Crippen MR) is 74.2 cm³/mol. The summed E-state index contributed by atoms with van der Waals surface area (Å²) in [5.74, 6) is 0.712. The zero-order valence-corrected chi connectivity index (χ0v) is 11.6. The molecule has 3 nitrogen and oxygen atoms in total. The smallest absolute Gasteiger partial charge is 0.0569 e. The molecule has 1 rings (SSSR count). The van der Waals surface area contributed by atoms with Crippen LogP contribution in [0.25, 0.3) is 0 Å². The minimum Gasteiger partial charge on any atom is -0.371 e. The van der Waals surface area contributed by atoms with Crippen molar-refractivity contribution in [3.63, 3.8) is 0 Å². The Labute approximate surface area is 105 Å². The maximum Gasteiger partial charge on any atom is 0.0569 e. The van der Waals surface area contributed by atoms with Crippen LogP contribution >= 0.6 is 0 Å². The van der Waals surface area contributed by atoms with E-state index in [1.165, 1.54) is 6.42 Å².